The zero-order chi connectivity index (χ0) is 38.1. The van der Waals surface area contributed by atoms with Crippen LogP contribution in [-0.2, 0) is 23.5 Å². The summed E-state index contributed by atoms with van der Waals surface area (Å²) in [6.45, 7) is 0.245. The van der Waals surface area contributed by atoms with E-state index >= 15 is 0 Å². The first-order valence-corrected chi connectivity index (χ1v) is 17.7. The molecule has 0 fully saturated rings. The molecular weight excluding hydrogens is 675 g/mol. The van der Waals surface area contributed by atoms with Crippen LogP contribution in [0.3, 0.4) is 0 Å². The van der Waals surface area contributed by atoms with Gasteiger partial charge in [-0.15, -0.1) is 0 Å². The van der Waals surface area contributed by atoms with Crippen LogP contribution in [0.1, 0.15) is 38.5 Å². The molecule has 5 rings (SSSR count). The van der Waals surface area contributed by atoms with E-state index in [0.717, 1.165) is 27.5 Å². The normalized spacial score (nSPS) is 17.5. The third-order valence-electron chi connectivity index (χ3n) is 10.0. The van der Waals surface area contributed by atoms with Gasteiger partial charge in [0.25, 0.3) is 0 Å². The van der Waals surface area contributed by atoms with Gasteiger partial charge < -0.3 is 53.2 Å². The number of aromatic nitrogens is 1. The first-order valence-electron chi connectivity index (χ1n) is 17.7. The van der Waals surface area contributed by atoms with Crippen LogP contribution in [0.2, 0.25) is 0 Å². The van der Waals surface area contributed by atoms with Crippen LogP contribution in [0.5, 0.6) is 0 Å². The fourth-order valence-corrected chi connectivity index (χ4v) is 6.82. The lowest BCUT2D eigenvalue weighted by Gasteiger charge is -2.28. The molecule has 53 heavy (non-hydrogen) atoms. The van der Waals surface area contributed by atoms with E-state index in [9.17, 15) is 24.4 Å². The molecule has 0 saturated heterocycles. The molecule has 276 valence electrons. The molecule has 3 aliphatic rings. The monoisotopic (exact) mass is 721 g/mol. The van der Waals surface area contributed by atoms with Crippen molar-refractivity contribution in [3.63, 3.8) is 0 Å². The minimum atomic E-state index is -1.41. The highest BCUT2D eigenvalue weighted by Crippen LogP contribution is 2.31. The third-order valence-corrected chi connectivity index (χ3v) is 10.0. The summed E-state index contributed by atoms with van der Waals surface area (Å²) in [5, 5.41) is 27.3. The number of carbonyl (C=O) groups excluding carboxylic acids is 3. The van der Waals surface area contributed by atoms with Gasteiger partial charge in [-0.3, -0.25) is 19.4 Å². The number of nitrogens with one attached hydrogen (secondary N) is 1. The zero-order valence-electron chi connectivity index (χ0n) is 29.5. The Bertz CT molecular complexity index is 1830. The maximum atomic E-state index is 13.4. The van der Waals surface area contributed by atoms with E-state index in [2.05, 4.69) is 10.3 Å². The smallest absolute Gasteiger partial charge is 0.444 e. The third kappa shape index (κ3) is 9.89. The zero-order valence-corrected chi connectivity index (χ0v) is 29.5. The number of allylic oxidation sites excluding steroid dienone is 9. The quantitative estimate of drug-likeness (QED) is 0.106. The Labute approximate surface area is 309 Å². The SMILES string of the molecule is NCC(C(N)=O)C1=CC=C(B(O)OB(OB(O)C2=CC=C(C(CN)C(N)=O)CC2)C2=CC=C(C(CN)C(=O)Nc3ccc4cnccc4c3)CC2)CC1. The second kappa shape index (κ2) is 18.4. The van der Waals surface area contributed by atoms with Crippen molar-refractivity contribution >= 4 is 55.5 Å². The summed E-state index contributed by atoms with van der Waals surface area (Å²) in [5.41, 5.74) is 33.3. The predicted octanol–water partition coefficient (Wildman–Crippen LogP) is 0.908. The van der Waals surface area contributed by atoms with E-state index in [4.69, 9.17) is 37.8 Å². The molecule has 2 aromatic rings. The van der Waals surface area contributed by atoms with Crippen LogP contribution in [0.25, 0.3) is 10.8 Å². The highest BCUT2D eigenvalue weighted by Gasteiger charge is 2.38. The minimum absolute atomic E-state index is 0.0802. The van der Waals surface area contributed by atoms with Gasteiger partial charge in [-0.2, -0.15) is 0 Å². The lowest BCUT2D eigenvalue weighted by molar-refractivity contribution is -0.121. The molecular formula is C36H46B3N7O7. The maximum absolute atomic E-state index is 13.4. The lowest BCUT2D eigenvalue weighted by Crippen LogP contribution is -2.41. The van der Waals surface area contributed by atoms with Gasteiger partial charge in [-0.25, -0.2) is 0 Å². The number of rotatable bonds is 17. The Morgan fingerprint density at radius 3 is 1.62 bits per heavy atom. The van der Waals surface area contributed by atoms with E-state index in [1.807, 2.05) is 24.3 Å². The van der Waals surface area contributed by atoms with Crippen molar-refractivity contribution in [2.45, 2.75) is 38.5 Å². The summed E-state index contributed by atoms with van der Waals surface area (Å²) in [5.74, 6) is -3.07. The molecule has 1 aromatic heterocycles. The van der Waals surface area contributed by atoms with Gasteiger partial charge in [0.05, 0.1) is 17.8 Å². The van der Waals surface area contributed by atoms with E-state index in [1.54, 1.807) is 48.8 Å². The van der Waals surface area contributed by atoms with Crippen molar-refractivity contribution in [2.75, 3.05) is 25.0 Å². The Kier molecular flexibility index (Phi) is 13.8. The first kappa shape index (κ1) is 39.6. The highest BCUT2D eigenvalue weighted by molar-refractivity contribution is 6.72. The van der Waals surface area contributed by atoms with E-state index in [1.165, 1.54) is 0 Å². The summed E-state index contributed by atoms with van der Waals surface area (Å²) >= 11 is 0. The Balaban J connectivity index is 1.35. The van der Waals surface area contributed by atoms with Gasteiger partial charge in [-0.05, 0) is 78.5 Å². The number of benzene rings is 1. The molecule has 17 heteroatoms. The number of anilines is 1. The number of amides is 3. The summed E-state index contributed by atoms with van der Waals surface area (Å²) in [7, 11) is -4.00. The fourth-order valence-electron chi connectivity index (χ4n) is 6.82. The number of carbonyl (C=O) groups is 3. The van der Waals surface area contributed by atoms with Gasteiger partial charge >= 0.3 is 21.4 Å². The van der Waals surface area contributed by atoms with Gasteiger partial charge in [0, 0.05) is 43.1 Å². The Hall–Kier alpha value is -4.61. The predicted molar refractivity (Wildman–Crippen MR) is 206 cm³/mol. The molecule has 1 heterocycles. The van der Waals surface area contributed by atoms with Crippen LogP contribution in [0.15, 0.2) is 106 Å². The molecule has 3 aliphatic carbocycles. The molecule has 3 amide bonds. The summed E-state index contributed by atoms with van der Waals surface area (Å²) in [6.07, 6.45) is 16.3. The first-order chi connectivity index (χ1) is 25.5. The van der Waals surface area contributed by atoms with Crippen LogP contribution < -0.4 is 34.0 Å². The molecule has 0 radical (unpaired) electrons. The van der Waals surface area contributed by atoms with E-state index in [0.29, 0.717) is 60.6 Å². The number of fused-ring (bicyclic) bond motifs is 1. The highest BCUT2D eigenvalue weighted by atomic mass is 16.6. The van der Waals surface area contributed by atoms with Crippen LogP contribution >= 0.6 is 0 Å². The average Bonchev–Trinajstić information content (AvgIpc) is 3.16. The maximum Gasteiger partial charge on any atom is 0.473 e. The van der Waals surface area contributed by atoms with Crippen molar-refractivity contribution in [3.05, 3.63) is 106 Å². The summed E-state index contributed by atoms with van der Waals surface area (Å²) in [6, 6.07) is 7.46. The fraction of sp³-hybridized carbons (Fsp3) is 0.333. The summed E-state index contributed by atoms with van der Waals surface area (Å²) in [4.78, 5) is 41.2. The molecule has 0 saturated carbocycles. The largest absolute Gasteiger partial charge is 0.473 e. The molecule has 3 atom stereocenters. The van der Waals surface area contributed by atoms with Crippen molar-refractivity contribution in [3.8, 4) is 0 Å². The number of hydrogen-bond acceptors (Lipinski definition) is 11. The summed E-state index contributed by atoms with van der Waals surface area (Å²) < 4.78 is 12.2. The van der Waals surface area contributed by atoms with Crippen LogP contribution in [0, 0.1) is 17.8 Å². The molecule has 0 bridgehead atoms. The topological polar surface area (TPSA) is 265 Å². The second-order valence-corrected chi connectivity index (χ2v) is 13.4. The van der Waals surface area contributed by atoms with Crippen molar-refractivity contribution in [1.29, 1.82) is 0 Å². The van der Waals surface area contributed by atoms with E-state index < -0.39 is 50.9 Å². The molecule has 13 N–H and O–H groups in total. The van der Waals surface area contributed by atoms with Crippen LogP contribution in [0.4, 0.5) is 5.69 Å². The van der Waals surface area contributed by atoms with Crippen molar-refractivity contribution in [2.24, 2.45) is 46.4 Å². The van der Waals surface area contributed by atoms with Gasteiger partial charge in [0.1, 0.15) is 0 Å². The van der Waals surface area contributed by atoms with Crippen molar-refractivity contribution < 1.29 is 33.6 Å². The molecule has 0 spiro atoms. The molecule has 3 unspecified atom stereocenters. The molecule has 0 aliphatic heterocycles. The van der Waals surface area contributed by atoms with E-state index in [-0.39, 0.29) is 25.5 Å². The van der Waals surface area contributed by atoms with Gasteiger partial charge in [0.15, 0.2) is 0 Å². The van der Waals surface area contributed by atoms with Crippen molar-refractivity contribution in [1.82, 2.24) is 4.98 Å². The molecule has 1 aromatic carbocycles. The van der Waals surface area contributed by atoms with Gasteiger partial charge in [0.2, 0.25) is 17.7 Å². The minimum Gasteiger partial charge on any atom is -0.444 e. The second-order valence-electron chi connectivity index (χ2n) is 13.4. The van der Waals surface area contributed by atoms with Gasteiger partial charge in [-0.1, -0.05) is 59.2 Å². The Morgan fingerprint density at radius 2 is 1.17 bits per heavy atom. The van der Waals surface area contributed by atoms with Crippen LogP contribution in [-0.4, -0.2) is 73.7 Å². The standard InChI is InChI=1S/C36H46B3N7O7/c40-18-31(34(43)47)22-1-8-27(9-2-22)37(50)52-39(53-38(51)28-10-3-23(4-11-28)32(19-41)35(44)48)29-12-5-24(6-13-29)33(20-42)36(49)46-30-14-7-26-21-45-16-15-25(26)17-30/h1,3,5,7-8,10,12,14-17,21,31-33,50-51H,2,4,6,9,11,13,18-20,40-42H2,(H2,43,47)(H2,44,48)(H,46,49). The number of pyridine rings is 1. The number of nitrogens with zero attached hydrogens (tertiary/aromatic N) is 1. The number of hydrogen-bond donors (Lipinski definition) is 8. The number of primary amides is 2. The Morgan fingerprint density at radius 1 is 0.679 bits per heavy atom. The average molecular weight is 721 g/mol. The lowest BCUT2D eigenvalue weighted by atomic mass is 9.62. The molecule has 14 nitrogen and oxygen atoms in total. The number of nitrogens with two attached hydrogens (primary N) is 5.